The van der Waals surface area contributed by atoms with Crippen LogP contribution in [-0.4, -0.2) is 25.8 Å². The summed E-state index contributed by atoms with van der Waals surface area (Å²) < 4.78 is 5.59. The molecule has 0 radical (unpaired) electrons. The van der Waals surface area contributed by atoms with E-state index in [4.69, 9.17) is 4.74 Å². The molecule has 0 amide bonds. The van der Waals surface area contributed by atoms with Crippen LogP contribution in [0, 0.1) is 0 Å². The molecule has 2 rings (SSSR count). The summed E-state index contributed by atoms with van der Waals surface area (Å²) in [6.07, 6.45) is 4.85. The van der Waals surface area contributed by atoms with Gasteiger partial charge < -0.3 is 10.1 Å². The molecule has 0 saturated heterocycles. The quantitative estimate of drug-likeness (QED) is 0.864. The van der Waals surface area contributed by atoms with Crippen LogP contribution < -0.4 is 5.32 Å². The highest BCUT2D eigenvalue weighted by molar-refractivity contribution is 5.35. The minimum absolute atomic E-state index is 0.145. The summed E-state index contributed by atoms with van der Waals surface area (Å²) in [6.45, 7) is 4.28. The third kappa shape index (κ3) is 2.76. The van der Waals surface area contributed by atoms with Gasteiger partial charge in [-0.25, -0.2) is 0 Å². The molecule has 0 saturated carbocycles. The average molecular weight is 247 g/mol. The number of ether oxygens (including phenoxy) is 1. The van der Waals surface area contributed by atoms with Crippen LogP contribution in [0.25, 0.3) is 0 Å². The van der Waals surface area contributed by atoms with Crippen molar-refractivity contribution in [2.45, 2.75) is 51.2 Å². The molecule has 2 nitrogen and oxygen atoms in total. The van der Waals surface area contributed by atoms with Crippen molar-refractivity contribution in [1.29, 1.82) is 0 Å². The van der Waals surface area contributed by atoms with E-state index in [1.165, 1.54) is 24.8 Å². The average Bonchev–Trinajstić information content (AvgIpc) is 2.83. The van der Waals surface area contributed by atoms with Crippen molar-refractivity contribution in [1.82, 2.24) is 5.32 Å². The Balaban J connectivity index is 2.13. The second-order valence-corrected chi connectivity index (χ2v) is 5.81. The number of methoxy groups -OCH3 is 1. The van der Waals surface area contributed by atoms with E-state index in [-0.39, 0.29) is 5.60 Å². The van der Waals surface area contributed by atoms with Gasteiger partial charge >= 0.3 is 0 Å². The molecular weight excluding hydrogens is 222 g/mol. The molecule has 100 valence electrons. The number of fused-ring (bicyclic) bond motifs is 1. The fourth-order valence-electron chi connectivity index (χ4n) is 2.83. The molecule has 1 aromatic rings. The van der Waals surface area contributed by atoms with E-state index >= 15 is 0 Å². The Morgan fingerprint density at radius 1 is 1.28 bits per heavy atom. The molecule has 18 heavy (non-hydrogen) atoms. The first-order valence-electron chi connectivity index (χ1n) is 6.90. The first-order valence-corrected chi connectivity index (χ1v) is 6.90. The van der Waals surface area contributed by atoms with E-state index < -0.39 is 0 Å². The zero-order chi connectivity index (χ0) is 13.2. The highest BCUT2D eigenvalue weighted by Crippen LogP contribution is 2.25. The molecule has 0 heterocycles. The van der Waals surface area contributed by atoms with Crippen molar-refractivity contribution in [3.63, 3.8) is 0 Å². The molecule has 0 aromatic heterocycles. The number of likely N-dealkylation sites (N-methyl/N-ethyl adjacent to an activating group) is 1. The minimum atomic E-state index is -0.145. The molecule has 1 N–H and O–H groups in total. The monoisotopic (exact) mass is 247 g/mol. The van der Waals surface area contributed by atoms with Crippen LogP contribution >= 0.6 is 0 Å². The van der Waals surface area contributed by atoms with Crippen LogP contribution in [0.3, 0.4) is 0 Å². The summed E-state index contributed by atoms with van der Waals surface area (Å²) in [5.41, 5.74) is 4.37. The van der Waals surface area contributed by atoms with E-state index in [0.717, 1.165) is 6.42 Å². The van der Waals surface area contributed by atoms with Crippen LogP contribution in [0.4, 0.5) is 0 Å². The Bertz CT molecular complexity index is 412. The van der Waals surface area contributed by atoms with Gasteiger partial charge in [0.2, 0.25) is 0 Å². The third-order valence-corrected chi connectivity index (χ3v) is 4.32. The van der Waals surface area contributed by atoms with Gasteiger partial charge in [0.25, 0.3) is 0 Å². The summed E-state index contributed by atoms with van der Waals surface area (Å²) in [5.74, 6) is 0. The van der Waals surface area contributed by atoms with Crippen LogP contribution in [0.15, 0.2) is 18.2 Å². The zero-order valence-electron chi connectivity index (χ0n) is 12.0. The first kappa shape index (κ1) is 13.6. The SMILES string of the molecule is CNC(Cc1ccc2c(c1)CCC2)C(C)(C)OC. The smallest absolute Gasteiger partial charge is 0.0778 e. The lowest BCUT2D eigenvalue weighted by atomic mass is 9.91. The maximum absolute atomic E-state index is 5.59. The van der Waals surface area contributed by atoms with Gasteiger partial charge in [0, 0.05) is 13.2 Å². The molecule has 1 aromatic carbocycles. The lowest BCUT2D eigenvalue weighted by Crippen LogP contribution is -2.48. The molecule has 0 spiro atoms. The lowest BCUT2D eigenvalue weighted by molar-refractivity contribution is -0.00797. The van der Waals surface area contributed by atoms with Crippen LogP contribution in [0.2, 0.25) is 0 Å². The van der Waals surface area contributed by atoms with Crippen molar-refractivity contribution >= 4 is 0 Å². The second kappa shape index (κ2) is 5.41. The minimum Gasteiger partial charge on any atom is -0.377 e. The van der Waals surface area contributed by atoms with Gasteiger partial charge in [-0.3, -0.25) is 0 Å². The summed E-state index contributed by atoms with van der Waals surface area (Å²) in [5, 5.41) is 3.38. The van der Waals surface area contributed by atoms with Crippen molar-refractivity contribution < 1.29 is 4.74 Å². The largest absolute Gasteiger partial charge is 0.377 e. The van der Waals surface area contributed by atoms with Gasteiger partial charge in [0.1, 0.15) is 0 Å². The highest BCUT2D eigenvalue weighted by atomic mass is 16.5. The van der Waals surface area contributed by atoms with E-state index in [1.54, 1.807) is 18.2 Å². The van der Waals surface area contributed by atoms with Gasteiger partial charge in [-0.2, -0.15) is 0 Å². The van der Waals surface area contributed by atoms with E-state index in [1.807, 2.05) is 7.05 Å². The fraction of sp³-hybridized carbons (Fsp3) is 0.625. The number of hydrogen-bond acceptors (Lipinski definition) is 2. The predicted octanol–water partition coefficient (Wildman–Crippen LogP) is 2.73. The molecular formula is C16H25NO. The third-order valence-electron chi connectivity index (χ3n) is 4.32. The van der Waals surface area contributed by atoms with Crippen LogP contribution in [0.5, 0.6) is 0 Å². The Morgan fingerprint density at radius 3 is 2.67 bits per heavy atom. The zero-order valence-corrected chi connectivity index (χ0v) is 12.0. The van der Waals surface area contributed by atoms with Gasteiger partial charge in [-0.15, -0.1) is 0 Å². The maximum Gasteiger partial charge on any atom is 0.0778 e. The number of rotatable bonds is 5. The number of benzene rings is 1. The maximum atomic E-state index is 5.59. The molecule has 1 aliphatic rings. The lowest BCUT2D eigenvalue weighted by Gasteiger charge is -2.33. The number of hydrogen-bond donors (Lipinski definition) is 1. The molecule has 1 aliphatic carbocycles. The first-order chi connectivity index (χ1) is 8.56. The van der Waals surface area contributed by atoms with Gasteiger partial charge in [0.15, 0.2) is 0 Å². The van der Waals surface area contributed by atoms with E-state index in [2.05, 4.69) is 37.4 Å². The Morgan fingerprint density at radius 2 is 2.00 bits per heavy atom. The van der Waals surface area contributed by atoms with Gasteiger partial charge in [-0.1, -0.05) is 18.2 Å². The standard InChI is InChI=1S/C16H25NO/c1-16(2,18-4)15(17-3)11-12-8-9-13-6-5-7-14(13)10-12/h8-10,15,17H,5-7,11H2,1-4H3. The molecule has 0 bridgehead atoms. The highest BCUT2D eigenvalue weighted by Gasteiger charge is 2.28. The summed E-state index contributed by atoms with van der Waals surface area (Å²) in [7, 11) is 3.80. The second-order valence-electron chi connectivity index (χ2n) is 5.81. The van der Waals surface area contributed by atoms with Gasteiger partial charge in [0.05, 0.1) is 5.60 Å². The Kier molecular flexibility index (Phi) is 4.08. The van der Waals surface area contributed by atoms with Crippen molar-refractivity contribution in [3.8, 4) is 0 Å². The fourth-order valence-corrected chi connectivity index (χ4v) is 2.83. The Hall–Kier alpha value is -0.860. The molecule has 1 unspecified atom stereocenters. The van der Waals surface area contributed by atoms with Crippen molar-refractivity contribution in [3.05, 3.63) is 34.9 Å². The molecule has 0 fully saturated rings. The van der Waals surface area contributed by atoms with Crippen molar-refractivity contribution in [2.75, 3.05) is 14.2 Å². The summed E-state index contributed by atoms with van der Waals surface area (Å²) >= 11 is 0. The van der Waals surface area contributed by atoms with E-state index in [0.29, 0.717) is 6.04 Å². The molecule has 1 atom stereocenters. The van der Waals surface area contributed by atoms with Gasteiger partial charge in [-0.05, 0) is 63.3 Å². The molecule has 2 heteroatoms. The predicted molar refractivity (Wildman–Crippen MR) is 76.1 cm³/mol. The summed E-state index contributed by atoms with van der Waals surface area (Å²) in [4.78, 5) is 0. The number of aryl methyl sites for hydroxylation is 2. The Labute approximate surface area is 111 Å². The van der Waals surface area contributed by atoms with Crippen molar-refractivity contribution in [2.24, 2.45) is 0 Å². The topological polar surface area (TPSA) is 21.3 Å². The van der Waals surface area contributed by atoms with Crippen LogP contribution in [-0.2, 0) is 24.0 Å². The van der Waals surface area contributed by atoms with E-state index in [9.17, 15) is 0 Å². The summed E-state index contributed by atoms with van der Waals surface area (Å²) in [6, 6.07) is 7.31. The number of nitrogens with one attached hydrogen (secondary N) is 1. The normalized spacial score (nSPS) is 16.7. The molecule has 0 aliphatic heterocycles. The van der Waals surface area contributed by atoms with Crippen LogP contribution in [0.1, 0.15) is 37.0 Å².